The first-order valence-corrected chi connectivity index (χ1v) is 9.70. The van der Waals surface area contributed by atoms with Crippen LogP contribution >= 0.6 is 0 Å². The normalized spacial score (nSPS) is 11.9. The van der Waals surface area contributed by atoms with Crippen LogP contribution < -0.4 is 5.32 Å². The van der Waals surface area contributed by atoms with Crippen LogP contribution in [0.15, 0.2) is 48.5 Å². The average molecular weight is 384 g/mol. The fraction of sp³-hybridized carbons (Fsp3) is 0.391. The molecule has 0 spiro atoms. The number of hydrogen-bond donors (Lipinski definition) is 1. The van der Waals surface area contributed by atoms with Crippen molar-refractivity contribution in [2.75, 3.05) is 0 Å². The number of amides is 2. The van der Waals surface area contributed by atoms with E-state index in [9.17, 15) is 14.0 Å². The van der Waals surface area contributed by atoms with Crippen LogP contribution in [0.25, 0.3) is 0 Å². The fourth-order valence-corrected chi connectivity index (χ4v) is 3.19. The minimum Gasteiger partial charge on any atom is -0.352 e. The fourth-order valence-electron chi connectivity index (χ4n) is 3.19. The van der Waals surface area contributed by atoms with E-state index in [1.165, 1.54) is 12.1 Å². The van der Waals surface area contributed by atoms with Gasteiger partial charge in [0.1, 0.15) is 11.9 Å². The first-order valence-electron chi connectivity index (χ1n) is 9.70. The van der Waals surface area contributed by atoms with Crippen LogP contribution in [0.2, 0.25) is 0 Å². The van der Waals surface area contributed by atoms with Gasteiger partial charge < -0.3 is 10.2 Å². The van der Waals surface area contributed by atoms with Crippen molar-refractivity contribution in [3.05, 3.63) is 71.0 Å². The quantitative estimate of drug-likeness (QED) is 0.748. The zero-order chi connectivity index (χ0) is 20.7. The predicted octanol–water partition coefficient (Wildman–Crippen LogP) is 4.01. The van der Waals surface area contributed by atoms with Gasteiger partial charge in [0.2, 0.25) is 11.8 Å². The lowest BCUT2D eigenvalue weighted by molar-refractivity contribution is -0.141. The summed E-state index contributed by atoms with van der Waals surface area (Å²) in [6.07, 6.45) is 0.636. The number of halogens is 1. The predicted molar refractivity (Wildman–Crippen MR) is 109 cm³/mol. The molecular weight excluding hydrogens is 355 g/mol. The summed E-state index contributed by atoms with van der Waals surface area (Å²) in [6.45, 7) is 8.05. The largest absolute Gasteiger partial charge is 0.352 e. The van der Waals surface area contributed by atoms with Crippen molar-refractivity contribution in [2.45, 2.75) is 59.2 Å². The van der Waals surface area contributed by atoms with Gasteiger partial charge >= 0.3 is 0 Å². The number of aryl methyl sites for hydroxylation is 1. The highest BCUT2D eigenvalue weighted by atomic mass is 19.1. The van der Waals surface area contributed by atoms with E-state index in [-0.39, 0.29) is 30.1 Å². The topological polar surface area (TPSA) is 49.4 Å². The van der Waals surface area contributed by atoms with Gasteiger partial charge in [0.15, 0.2) is 0 Å². The third-order valence-electron chi connectivity index (χ3n) is 4.52. The molecule has 28 heavy (non-hydrogen) atoms. The molecule has 2 aromatic rings. The van der Waals surface area contributed by atoms with E-state index in [4.69, 9.17) is 0 Å². The molecule has 1 N–H and O–H groups in total. The number of carbonyl (C=O) groups is 2. The summed E-state index contributed by atoms with van der Waals surface area (Å²) in [4.78, 5) is 27.5. The lowest BCUT2D eigenvalue weighted by atomic mass is 10.1. The summed E-state index contributed by atoms with van der Waals surface area (Å²) in [5.41, 5.74) is 2.80. The van der Waals surface area contributed by atoms with Gasteiger partial charge in [-0.05, 0) is 50.5 Å². The summed E-state index contributed by atoms with van der Waals surface area (Å²) < 4.78 is 13.2. The Hall–Kier alpha value is -2.69. The second kappa shape index (κ2) is 10.0. The Morgan fingerprint density at radius 1 is 1.07 bits per heavy atom. The third-order valence-corrected chi connectivity index (χ3v) is 4.52. The molecule has 0 radical (unpaired) electrons. The summed E-state index contributed by atoms with van der Waals surface area (Å²) in [6, 6.07) is 13.3. The molecule has 0 aliphatic rings. The zero-order valence-electron chi connectivity index (χ0n) is 17.0. The van der Waals surface area contributed by atoms with E-state index >= 15 is 0 Å². The van der Waals surface area contributed by atoms with E-state index < -0.39 is 6.04 Å². The first-order chi connectivity index (χ1) is 13.3. The number of carbonyl (C=O) groups excluding carboxylic acids is 2. The molecule has 5 heteroatoms. The molecule has 0 fully saturated rings. The minimum absolute atomic E-state index is 0.00503. The maximum atomic E-state index is 13.2. The van der Waals surface area contributed by atoms with E-state index in [0.29, 0.717) is 13.0 Å². The van der Waals surface area contributed by atoms with E-state index in [1.807, 2.05) is 52.0 Å². The molecule has 4 nitrogen and oxygen atoms in total. The van der Waals surface area contributed by atoms with Gasteiger partial charge in [0.05, 0.1) is 6.42 Å². The second-order valence-corrected chi connectivity index (χ2v) is 7.40. The van der Waals surface area contributed by atoms with Gasteiger partial charge in [-0.25, -0.2) is 4.39 Å². The van der Waals surface area contributed by atoms with Gasteiger partial charge in [-0.3, -0.25) is 9.59 Å². The number of hydrogen-bond acceptors (Lipinski definition) is 2. The molecule has 150 valence electrons. The summed E-state index contributed by atoms with van der Waals surface area (Å²) >= 11 is 0. The van der Waals surface area contributed by atoms with Crippen molar-refractivity contribution >= 4 is 11.8 Å². The van der Waals surface area contributed by atoms with Gasteiger partial charge in [-0.2, -0.15) is 0 Å². The highest BCUT2D eigenvalue weighted by molar-refractivity contribution is 5.88. The SMILES string of the molecule is CC[C@H](C(=O)NC(C)C)N(Cc1cccc(C)c1)C(=O)Cc1ccc(F)cc1. The monoisotopic (exact) mass is 384 g/mol. The Labute approximate surface area is 166 Å². The smallest absolute Gasteiger partial charge is 0.243 e. The van der Waals surface area contributed by atoms with Crippen LogP contribution in [0, 0.1) is 12.7 Å². The van der Waals surface area contributed by atoms with E-state index in [2.05, 4.69) is 5.32 Å². The Bertz CT molecular complexity index is 803. The van der Waals surface area contributed by atoms with Gasteiger partial charge in [0, 0.05) is 12.6 Å². The Morgan fingerprint density at radius 3 is 2.32 bits per heavy atom. The maximum absolute atomic E-state index is 13.2. The van der Waals surface area contributed by atoms with E-state index in [1.54, 1.807) is 17.0 Å². The highest BCUT2D eigenvalue weighted by Crippen LogP contribution is 2.16. The third kappa shape index (κ3) is 6.19. The number of rotatable bonds is 8. The van der Waals surface area contributed by atoms with Gasteiger partial charge in [0.25, 0.3) is 0 Å². The van der Waals surface area contributed by atoms with Gasteiger partial charge in [-0.15, -0.1) is 0 Å². The molecule has 0 aromatic heterocycles. The van der Waals surface area contributed by atoms with Crippen LogP contribution in [0.5, 0.6) is 0 Å². The summed E-state index contributed by atoms with van der Waals surface area (Å²) in [7, 11) is 0. The lowest BCUT2D eigenvalue weighted by Gasteiger charge is -2.31. The van der Waals surface area contributed by atoms with E-state index in [0.717, 1.165) is 16.7 Å². The van der Waals surface area contributed by atoms with Crippen LogP contribution in [0.1, 0.15) is 43.9 Å². The van der Waals surface area contributed by atoms with Crippen molar-refractivity contribution in [1.82, 2.24) is 10.2 Å². The van der Waals surface area contributed by atoms with Crippen molar-refractivity contribution in [1.29, 1.82) is 0 Å². The molecule has 0 aliphatic carbocycles. The van der Waals surface area contributed by atoms with Crippen molar-refractivity contribution in [2.24, 2.45) is 0 Å². The molecular formula is C23H29FN2O2. The number of benzene rings is 2. The highest BCUT2D eigenvalue weighted by Gasteiger charge is 2.29. The molecule has 2 amide bonds. The maximum Gasteiger partial charge on any atom is 0.243 e. The molecule has 0 saturated carbocycles. The van der Waals surface area contributed by atoms with Gasteiger partial charge in [-0.1, -0.05) is 48.9 Å². The molecule has 2 aromatic carbocycles. The van der Waals surface area contributed by atoms with Crippen molar-refractivity contribution < 1.29 is 14.0 Å². The Kier molecular flexibility index (Phi) is 7.73. The summed E-state index contributed by atoms with van der Waals surface area (Å²) in [5.74, 6) is -0.646. The number of nitrogens with zero attached hydrogens (tertiary/aromatic N) is 1. The van der Waals surface area contributed by atoms with Crippen molar-refractivity contribution in [3.63, 3.8) is 0 Å². The summed E-state index contributed by atoms with van der Waals surface area (Å²) in [5, 5.41) is 2.92. The molecule has 2 rings (SSSR count). The molecule has 0 aliphatic heterocycles. The first kappa shape index (κ1) is 21.6. The molecule has 0 saturated heterocycles. The van der Waals surface area contributed by atoms with Crippen LogP contribution in [-0.4, -0.2) is 28.8 Å². The molecule has 0 heterocycles. The zero-order valence-corrected chi connectivity index (χ0v) is 17.0. The molecule has 1 atom stereocenters. The van der Waals surface area contributed by atoms with Crippen LogP contribution in [0.3, 0.4) is 0 Å². The second-order valence-electron chi connectivity index (χ2n) is 7.40. The van der Waals surface area contributed by atoms with Crippen LogP contribution in [0.4, 0.5) is 4.39 Å². The average Bonchev–Trinajstić information content (AvgIpc) is 2.63. The Balaban J connectivity index is 2.28. The minimum atomic E-state index is -0.559. The van der Waals surface area contributed by atoms with Crippen LogP contribution in [-0.2, 0) is 22.6 Å². The Morgan fingerprint density at radius 2 is 1.75 bits per heavy atom. The lowest BCUT2D eigenvalue weighted by Crippen LogP contribution is -2.50. The van der Waals surface area contributed by atoms with Crippen molar-refractivity contribution in [3.8, 4) is 0 Å². The molecule has 0 bridgehead atoms. The molecule has 0 unspecified atom stereocenters. The standard InChI is InChI=1S/C23H29FN2O2/c1-5-21(23(28)25-16(2)3)26(15-19-8-6-7-17(4)13-19)22(27)14-18-9-11-20(24)12-10-18/h6-13,16,21H,5,14-15H2,1-4H3,(H,25,28)/t21-/m1/s1. The number of nitrogens with one attached hydrogen (secondary N) is 1.